The number of fused-ring (bicyclic) bond motifs is 2. The number of rotatable bonds is 3. The number of nitrogens with zero attached hydrogens (tertiary/aromatic N) is 4. The normalized spacial score (nSPS) is 11.2. The zero-order valence-corrected chi connectivity index (χ0v) is 16.1. The van der Waals surface area contributed by atoms with Crippen LogP contribution in [0.25, 0.3) is 33.3 Å². The van der Waals surface area contributed by atoms with Crippen molar-refractivity contribution in [3.8, 4) is 22.9 Å². The van der Waals surface area contributed by atoms with Crippen molar-refractivity contribution in [2.45, 2.75) is 6.92 Å². The quantitative estimate of drug-likeness (QED) is 0.482. The summed E-state index contributed by atoms with van der Waals surface area (Å²) in [7, 11) is 1.97. The van der Waals surface area contributed by atoms with Crippen LogP contribution in [0.5, 0.6) is 11.5 Å². The predicted octanol–water partition coefficient (Wildman–Crippen LogP) is 4.87. The third kappa shape index (κ3) is 3.04. The van der Waals surface area contributed by atoms with Crippen molar-refractivity contribution in [2.75, 3.05) is 5.73 Å². The summed E-state index contributed by atoms with van der Waals surface area (Å²) in [4.78, 5) is 13.5. The second kappa shape index (κ2) is 6.60. The minimum Gasteiger partial charge on any atom is -0.457 e. The maximum atomic E-state index is 6.13. The molecule has 2 heterocycles. The van der Waals surface area contributed by atoms with E-state index in [0.29, 0.717) is 11.6 Å². The van der Waals surface area contributed by atoms with E-state index in [1.54, 1.807) is 6.33 Å². The lowest BCUT2D eigenvalue weighted by molar-refractivity contribution is 0.479. The number of ether oxygens (including phenoxy) is 1. The largest absolute Gasteiger partial charge is 0.457 e. The molecule has 0 unspecified atom stereocenters. The Balaban J connectivity index is 1.48. The number of anilines is 1. The molecule has 0 aliphatic rings. The van der Waals surface area contributed by atoms with Gasteiger partial charge in [0.1, 0.15) is 17.3 Å². The van der Waals surface area contributed by atoms with E-state index in [1.807, 2.05) is 79.2 Å². The summed E-state index contributed by atoms with van der Waals surface area (Å²) in [6.45, 7) is 2.00. The van der Waals surface area contributed by atoms with E-state index in [4.69, 9.17) is 10.5 Å². The smallest absolute Gasteiger partial charge is 0.162 e. The summed E-state index contributed by atoms with van der Waals surface area (Å²) in [6, 6.07) is 19.5. The van der Waals surface area contributed by atoms with Crippen molar-refractivity contribution in [3.05, 3.63) is 72.6 Å². The first kappa shape index (κ1) is 17.2. The van der Waals surface area contributed by atoms with Crippen molar-refractivity contribution in [1.82, 2.24) is 19.5 Å². The Morgan fingerprint density at radius 2 is 1.79 bits per heavy atom. The van der Waals surface area contributed by atoms with Crippen LogP contribution in [0.4, 0.5) is 5.82 Å². The van der Waals surface area contributed by atoms with Gasteiger partial charge in [-0.05, 0) is 55.0 Å². The Labute approximate surface area is 167 Å². The molecule has 0 saturated heterocycles. The fraction of sp³-hybridized carbons (Fsp3) is 0.0870. The third-order valence-corrected chi connectivity index (χ3v) is 4.99. The molecule has 0 aliphatic heterocycles. The van der Waals surface area contributed by atoms with Crippen LogP contribution in [-0.2, 0) is 7.05 Å². The average molecular weight is 381 g/mol. The van der Waals surface area contributed by atoms with Crippen LogP contribution in [-0.4, -0.2) is 19.5 Å². The number of nitrogen functional groups attached to an aromatic ring is 1. The van der Waals surface area contributed by atoms with E-state index in [9.17, 15) is 0 Å². The number of hydrogen-bond donors (Lipinski definition) is 1. The fourth-order valence-corrected chi connectivity index (χ4v) is 3.44. The van der Waals surface area contributed by atoms with Gasteiger partial charge in [0.2, 0.25) is 0 Å². The fourth-order valence-electron chi connectivity index (χ4n) is 3.44. The Bertz CT molecular complexity index is 1370. The van der Waals surface area contributed by atoms with Crippen LogP contribution in [0.3, 0.4) is 0 Å². The van der Waals surface area contributed by atoms with E-state index in [-0.39, 0.29) is 0 Å². The van der Waals surface area contributed by atoms with Crippen LogP contribution in [0.2, 0.25) is 0 Å². The Kier molecular flexibility index (Phi) is 3.91. The second-order valence-corrected chi connectivity index (χ2v) is 7.04. The molecule has 6 nitrogen and oxygen atoms in total. The van der Waals surface area contributed by atoms with E-state index < -0.39 is 0 Å². The maximum Gasteiger partial charge on any atom is 0.162 e. The molecule has 0 saturated carbocycles. The zero-order valence-electron chi connectivity index (χ0n) is 16.1. The van der Waals surface area contributed by atoms with Crippen LogP contribution in [0, 0.1) is 6.92 Å². The number of imidazole rings is 1. The lowest BCUT2D eigenvalue weighted by Gasteiger charge is -2.11. The lowest BCUT2D eigenvalue weighted by Crippen LogP contribution is -1.98. The van der Waals surface area contributed by atoms with Gasteiger partial charge in [-0.25, -0.2) is 15.0 Å². The molecule has 0 aliphatic carbocycles. The number of benzene rings is 3. The van der Waals surface area contributed by atoms with E-state index >= 15 is 0 Å². The molecule has 0 radical (unpaired) electrons. The molecule has 29 heavy (non-hydrogen) atoms. The summed E-state index contributed by atoms with van der Waals surface area (Å²) in [5.74, 6) is 2.61. The van der Waals surface area contributed by atoms with Crippen LogP contribution < -0.4 is 10.5 Å². The van der Waals surface area contributed by atoms with Gasteiger partial charge in [-0.2, -0.15) is 0 Å². The average Bonchev–Trinajstić information content (AvgIpc) is 3.10. The van der Waals surface area contributed by atoms with E-state index in [2.05, 4.69) is 15.0 Å². The van der Waals surface area contributed by atoms with Gasteiger partial charge < -0.3 is 15.0 Å². The Morgan fingerprint density at radius 3 is 2.66 bits per heavy atom. The SMILES string of the molecule is Cc1cc(-c2nc(N)c3ccccc3n2)ccc1Oc1ccc2c(c1)ncn2C. The monoisotopic (exact) mass is 381 g/mol. The van der Waals surface area contributed by atoms with Crippen LogP contribution in [0.15, 0.2) is 67.0 Å². The number of aromatic nitrogens is 4. The minimum atomic E-state index is 0.479. The molecule has 5 aromatic rings. The summed E-state index contributed by atoms with van der Waals surface area (Å²) in [5, 5.41) is 0.859. The van der Waals surface area contributed by atoms with Gasteiger partial charge in [0.25, 0.3) is 0 Å². The van der Waals surface area contributed by atoms with Crippen molar-refractivity contribution in [2.24, 2.45) is 7.05 Å². The predicted molar refractivity (Wildman–Crippen MR) is 115 cm³/mol. The molecule has 0 amide bonds. The molecule has 0 atom stereocenters. The van der Waals surface area contributed by atoms with Gasteiger partial charge in [0.05, 0.1) is 22.9 Å². The zero-order chi connectivity index (χ0) is 20.0. The summed E-state index contributed by atoms with van der Waals surface area (Å²) < 4.78 is 8.08. The maximum absolute atomic E-state index is 6.13. The first-order chi connectivity index (χ1) is 14.1. The minimum absolute atomic E-state index is 0.479. The summed E-state index contributed by atoms with van der Waals surface area (Å²) >= 11 is 0. The standard InChI is InChI=1S/C23H19N5O/c1-14-11-15(23-26-18-6-4-3-5-17(18)22(24)27-23)7-10-21(14)29-16-8-9-20-19(12-16)25-13-28(20)2/h3-13H,1-2H3,(H2,24,26,27). The highest BCUT2D eigenvalue weighted by atomic mass is 16.5. The van der Waals surface area contributed by atoms with E-state index in [0.717, 1.165) is 44.6 Å². The molecule has 5 rings (SSSR count). The van der Waals surface area contributed by atoms with Crippen molar-refractivity contribution >= 4 is 27.8 Å². The molecule has 2 aromatic heterocycles. The molecule has 6 heteroatoms. The number of hydrogen-bond acceptors (Lipinski definition) is 5. The number of nitrogens with two attached hydrogens (primary N) is 1. The van der Waals surface area contributed by atoms with Crippen LogP contribution in [0.1, 0.15) is 5.56 Å². The van der Waals surface area contributed by atoms with Gasteiger partial charge in [0, 0.05) is 24.1 Å². The van der Waals surface area contributed by atoms with Gasteiger partial charge in [0.15, 0.2) is 5.82 Å². The molecule has 142 valence electrons. The first-order valence-corrected chi connectivity index (χ1v) is 9.31. The molecular formula is C23H19N5O. The molecule has 3 aromatic carbocycles. The lowest BCUT2D eigenvalue weighted by atomic mass is 10.1. The third-order valence-electron chi connectivity index (χ3n) is 4.99. The summed E-state index contributed by atoms with van der Waals surface area (Å²) in [5.41, 5.74) is 10.8. The molecule has 0 bridgehead atoms. The molecule has 0 spiro atoms. The Morgan fingerprint density at radius 1 is 0.931 bits per heavy atom. The van der Waals surface area contributed by atoms with Crippen LogP contribution >= 0.6 is 0 Å². The first-order valence-electron chi connectivity index (χ1n) is 9.31. The second-order valence-electron chi connectivity index (χ2n) is 7.04. The van der Waals surface area contributed by atoms with Crippen molar-refractivity contribution in [3.63, 3.8) is 0 Å². The Hall–Kier alpha value is -3.93. The highest BCUT2D eigenvalue weighted by Gasteiger charge is 2.10. The van der Waals surface area contributed by atoms with Gasteiger partial charge in [-0.1, -0.05) is 12.1 Å². The number of aryl methyl sites for hydroxylation is 2. The van der Waals surface area contributed by atoms with Gasteiger partial charge in [-0.15, -0.1) is 0 Å². The highest BCUT2D eigenvalue weighted by molar-refractivity contribution is 5.89. The molecule has 0 fully saturated rings. The molecular weight excluding hydrogens is 362 g/mol. The number of para-hydroxylation sites is 1. The van der Waals surface area contributed by atoms with Gasteiger partial charge >= 0.3 is 0 Å². The van der Waals surface area contributed by atoms with Gasteiger partial charge in [-0.3, -0.25) is 0 Å². The highest BCUT2D eigenvalue weighted by Crippen LogP contribution is 2.31. The summed E-state index contributed by atoms with van der Waals surface area (Å²) in [6.07, 6.45) is 1.80. The van der Waals surface area contributed by atoms with E-state index in [1.165, 1.54) is 0 Å². The molecule has 2 N–H and O–H groups in total. The van der Waals surface area contributed by atoms with Crippen molar-refractivity contribution < 1.29 is 4.74 Å². The topological polar surface area (TPSA) is 78.8 Å². The van der Waals surface area contributed by atoms with Crippen molar-refractivity contribution in [1.29, 1.82) is 0 Å².